The van der Waals surface area contributed by atoms with Crippen LogP contribution in [-0.4, -0.2) is 17.8 Å². The van der Waals surface area contributed by atoms with Gasteiger partial charge < -0.3 is 5.21 Å². The first-order chi connectivity index (χ1) is 5.79. The summed E-state index contributed by atoms with van der Waals surface area (Å²) in [4.78, 5) is 0. The molecule has 3 nitrogen and oxygen atoms in total. The van der Waals surface area contributed by atoms with Crippen molar-refractivity contribution in [1.82, 2.24) is 0 Å². The third kappa shape index (κ3) is 1.42. The second kappa shape index (κ2) is 2.77. The molecule has 1 aromatic rings. The molecule has 0 aliphatic carbocycles. The topological polar surface area (TPSA) is 35.1 Å². The standard InChI is InChI=1S/C9H12N2O/c12-11(7-4-8-11)10-9-5-2-1-3-6-9/h1-3,5-6,10H,4,7-8H2. The average Bonchev–Trinajstić information content (AvgIpc) is 2.04. The molecule has 0 radical (unpaired) electrons. The van der Waals surface area contributed by atoms with E-state index in [1.807, 2.05) is 30.3 Å². The zero-order valence-corrected chi connectivity index (χ0v) is 6.86. The Morgan fingerprint density at radius 3 is 2.33 bits per heavy atom. The maximum atomic E-state index is 11.6. The van der Waals surface area contributed by atoms with Gasteiger partial charge in [-0.3, -0.25) is 4.76 Å². The Morgan fingerprint density at radius 2 is 1.83 bits per heavy atom. The van der Waals surface area contributed by atoms with Crippen LogP contribution in [0, 0.1) is 5.21 Å². The summed E-state index contributed by atoms with van der Waals surface area (Å²) in [7, 11) is 0. The molecular formula is C9H12N2O. The fraction of sp³-hybridized carbons (Fsp3) is 0.333. The van der Waals surface area contributed by atoms with Crippen LogP contribution in [0.2, 0.25) is 0 Å². The molecule has 1 aliphatic rings. The van der Waals surface area contributed by atoms with E-state index in [1.54, 1.807) is 0 Å². The van der Waals surface area contributed by atoms with Gasteiger partial charge in [0.2, 0.25) is 0 Å². The number of nitrogens with one attached hydrogen (secondary N) is 1. The second-order valence-corrected chi connectivity index (χ2v) is 3.17. The van der Waals surface area contributed by atoms with Gasteiger partial charge in [0.05, 0.1) is 12.1 Å². The number of benzene rings is 1. The van der Waals surface area contributed by atoms with Crippen molar-refractivity contribution in [2.45, 2.75) is 6.42 Å². The highest BCUT2D eigenvalue weighted by molar-refractivity contribution is 5.40. The molecule has 1 aromatic carbocycles. The fourth-order valence-electron chi connectivity index (χ4n) is 1.31. The number of nitrogens with zero attached hydrogens (tertiary/aromatic N) is 1. The Kier molecular flexibility index (Phi) is 1.75. The molecular weight excluding hydrogens is 152 g/mol. The van der Waals surface area contributed by atoms with Crippen LogP contribution >= 0.6 is 0 Å². The van der Waals surface area contributed by atoms with E-state index in [0.29, 0.717) is 13.1 Å². The summed E-state index contributed by atoms with van der Waals surface area (Å²) in [6.45, 7) is 1.38. The molecule has 1 N–H and O–H groups in total. The van der Waals surface area contributed by atoms with E-state index in [0.717, 1.165) is 12.1 Å². The summed E-state index contributed by atoms with van der Waals surface area (Å²) < 4.78 is -0.260. The van der Waals surface area contributed by atoms with Crippen molar-refractivity contribution in [2.24, 2.45) is 0 Å². The maximum absolute atomic E-state index is 11.6. The molecule has 0 saturated carbocycles. The summed E-state index contributed by atoms with van der Waals surface area (Å²) in [6.07, 6.45) is 1.03. The lowest BCUT2D eigenvalue weighted by molar-refractivity contribution is -0.898. The normalized spacial score (nSPS) is 19.8. The number of quaternary nitrogens is 1. The van der Waals surface area contributed by atoms with Gasteiger partial charge >= 0.3 is 0 Å². The molecule has 3 heteroatoms. The molecule has 0 amide bonds. The third-order valence-electron chi connectivity index (χ3n) is 2.15. The van der Waals surface area contributed by atoms with E-state index in [2.05, 4.69) is 5.43 Å². The van der Waals surface area contributed by atoms with Crippen molar-refractivity contribution in [2.75, 3.05) is 18.5 Å². The summed E-state index contributed by atoms with van der Waals surface area (Å²) in [5.74, 6) is 0. The smallest absolute Gasteiger partial charge is 0.106 e. The molecule has 0 spiro atoms. The summed E-state index contributed by atoms with van der Waals surface area (Å²) in [5, 5.41) is 11.6. The minimum atomic E-state index is -0.260. The SMILES string of the molecule is [O-][N+]1(Nc2ccccc2)CCC1. The maximum Gasteiger partial charge on any atom is 0.106 e. The molecule has 1 aliphatic heterocycles. The van der Waals surface area contributed by atoms with Gasteiger partial charge in [-0.15, -0.1) is 0 Å². The number of hydroxylamine groups is 2. The summed E-state index contributed by atoms with van der Waals surface area (Å²) in [6, 6.07) is 9.62. The van der Waals surface area contributed by atoms with Crippen molar-refractivity contribution < 1.29 is 4.76 Å². The Hall–Kier alpha value is -1.06. The lowest BCUT2D eigenvalue weighted by Gasteiger charge is -2.48. The van der Waals surface area contributed by atoms with Crippen LogP contribution in [0.5, 0.6) is 0 Å². The first-order valence-electron chi connectivity index (χ1n) is 4.20. The van der Waals surface area contributed by atoms with E-state index < -0.39 is 0 Å². The third-order valence-corrected chi connectivity index (χ3v) is 2.15. The van der Waals surface area contributed by atoms with Gasteiger partial charge in [0.15, 0.2) is 0 Å². The van der Waals surface area contributed by atoms with Crippen LogP contribution in [0.4, 0.5) is 5.69 Å². The largest absolute Gasteiger partial charge is 0.606 e. The monoisotopic (exact) mass is 164 g/mol. The van der Waals surface area contributed by atoms with Crippen molar-refractivity contribution in [3.63, 3.8) is 0 Å². The molecule has 2 rings (SSSR count). The minimum absolute atomic E-state index is 0.260. The van der Waals surface area contributed by atoms with E-state index in [9.17, 15) is 5.21 Å². The molecule has 0 atom stereocenters. The Labute approximate surface area is 71.8 Å². The van der Waals surface area contributed by atoms with E-state index >= 15 is 0 Å². The van der Waals surface area contributed by atoms with Crippen LogP contribution in [0.3, 0.4) is 0 Å². The Morgan fingerprint density at radius 1 is 1.17 bits per heavy atom. The molecule has 1 heterocycles. The average molecular weight is 164 g/mol. The van der Waals surface area contributed by atoms with Crippen LogP contribution in [0.15, 0.2) is 30.3 Å². The lowest BCUT2D eigenvalue weighted by Crippen LogP contribution is -2.56. The van der Waals surface area contributed by atoms with Gasteiger partial charge in [-0.2, -0.15) is 0 Å². The second-order valence-electron chi connectivity index (χ2n) is 3.17. The Bertz CT molecular complexity index is 256. The molecule has 0 unspecified atom stereocenters. The van der Waals surface area contributed by atoms with Crippen molar-refractivity contribution >= 4 is 5.69 Å². The van der Waals surface area contributed by atoms with Crippen LogP contribution in [0.25, 0.3) is 0 Å². The number of rotatable bonds is 2. The van der Waals surface area contributed by atoms with Gasteiger partial charge in [0.1, 0.15) is 13.1 Å². The molecule has 0 bridgehead atoms. The lowest BCUT2D eigenvalue weighted by atomic mass is 10.2. The fourth-order valence-corrected chi connectivity index (χ4v) is 1.31. The van der Waals surface area contributed by atoms with E-state index in [-0.39, 0.29) is 4.76 Å². The van der Waals surface area contributed by atoms with Crippen molar-refractivity contribution in [3.8, 4) is 0 Å². The zero-order valence-electron chi connectivity index (χ0n) is 6.86. The quantitative estimate of drug-likeness (QED) is 0.533. The highest BCUT2D eigenvalue weighted by Crippen LogP contribution is 2.19. The van der Waals surface area contributed by atoms with Gasteiger partial charge in [-0.1, -0.05) is 18.2 Å². The van der Waals surface area contributed by atoms with Gasteiger partial charge in [0.25, 0.3) is 0 Å². The highest BCUT2D eigenvalue weighted by Gasteiger charge is 2.26. The van der Waals surface area contributed by atoms with Crippen LogP contribution in [-0.2, 0) is 0 Å². The predicted molar refractivity (Wildman–Crippen MR) is 48.0 cm³/mol. The molecule has 12 heavy (non-hydrogen) atoms. The summed E-state index contributed by atoms with van der Waals surface area (Å²) >= 11 is 0. The van der Waals surface area contributed by atoms with Gasteiger partial charge in [-0.25, -0.2) is 5.43 Å². The van der Waals surface area contributed by atoms with Crippen molar-refractivity contribution in [1.29, 1.82) is 0 Å². The zero-order chi connectivity index (χ0) is 8.44. The highest BCUT2D eigenvalue weighted by atomic mass is 16.6. The molecule has 0 aromatic heterocycles. The number of para-hydroxylation sites is 1. The van der Waals surface area contributed by atoms with Gasteiger partial charge in [0, 0.05) is 0 Å². The first kappa shape index (κ1) is 7.58. The molecule has 1 saturated heterocycles. The van der Waals surface area contributed by atoms with E-state index in [1.165, 1.54) is 0 Å². The molecule has 64 valence electrons. The minimum Gasteiger partial charge on any atom is -0.606 e. The number of hydrogen-bond acceptors (Lipinski definition) is 2. The van der Waals surface area contributed by atoms with Gasteiger partial charge in [-0.05, 0) is 12.1 Å². The van der Waals surface area contributed by atoms with Crippen LogP contribution < -0.4 is 5.43 Å². The van der Waals surface area contributed by atoms with Crippen LogP contribution in [0.1, 0.15) is 6.42 Å². The van der Waals surface area contributed by atoms with Crippen molar-refractivity contribution in [3.05, 3.63) is 35.5 Å². The summed E-state index contributed by atoms with van der Waals surface area (Å²) in [5.41, 5.74) is 3.85. The first-order valence-corrected chi connectivity index (χ1v) is 4.20. The van der Waals surface area contributed by atoms with E-state index in [4.69, 9.17) is 0 Å². The number of hydrogen-bond donors (Lipinski definition) is 1. The number of anilines is 1. The predicted octanol–water partition coefficient (Wildman–Crippen LogP) is 1.73. The Balaban J connectivity index is 2.04. The molecule has 1 fully saturated rings.